The lowest BCUT2D eigenvalue weighted by molar-refractivity contribution is 0.446. The second-order valence-corrected chi connectivity index (χ2v) is 3.11. The van der Waals surface area contributed by atoms with Crippen molar-refractivity contribution in [3.05, 3.63) is 12.2 Å². The highest BCUT2D eigenvalue weighted by Crippen LogP contribution is 2.26. The fourth-order valence-corrected chi connectivity index (χ4v) is 1.69. The van der Waals surface area contributed by atoms with Gasteiger partial charge in [0.05, 0.1) is 18.4 Å². The second-order valence-electron chi connectivity index (χ2n) is 3.11. The van der Waals surface area contributed by atoms with Crippen LogP contribution in [0.3, 0.4) is 0 Å². The van der Waals surface area contributed by atoms with Gasteiger partial charge in [-0.2, -0.15) is 0 Å². The maximum absolute atomic E-state index is 4.31. The van der Waals surface area contributed by atoms with Crippen molar-refractivity contribution in [2.45, 2.75) is 31.3 Å². The van der Waals surface area contributed by atoms with Crippen LogP contribution < -0.4 is 5.32 Å². The first-order chi connectivity index (χ1) is 4.86. The zero-order chi connectivity index (χ0) is 6.97. The van der Waals surface area contributed by atoms with Crippen molar-refractivity contribution in [2.24, 2.45) is 4.99 Å². The fourth-order valence-electron chi connectivity index (χ4n) is 1.69. The molecule has 54 valence electrons. The molecule has 1 aliphatic carbocycles. The van der Waals surface area contributed by atoms with Crippen LogP contribution in [0.1, 0.15) is 19.3 Å². The topological polar surface area (TPSA) is 24.4 Å². The molecule has 0 spiro atoms. The summed E-state index contributed by atoms with van der Waals surface area (Å²) >= 11 is 0. The summed E-state index contributed by atoms with van der Waals surface area (Å²) in [5.41, 5.74) is 1.37. The van der Waals surface area contributed by atoms with Gasteiger partial charge in [-0.05, 0) is 19.3 Å². The van der Waals surface area contributed by atoms with Gasteiger partial charge in [0.2, 0.25) is 0 Å². The van der Waals surface area contributed by atoms with Gasteiger partial charge >= 0.3 is 0 Å². The Labute approximate surface area is 61.0 Å². The van der Waals surface area contributed by atoms with Gasteiger partial charge in [0.1, 0.15) is 0 Å². The molecule has 0 amide bonds. The largest absolute Gasteiger partial charge is 0.371 e. The third-order valence-corrected chi connectivity index (χ3v) is 2.32. The van der Waals surface area contributed by atoms with Crippen LogP contribution in [-0.4, -0.2) is 18.4 Å². The predicted octanol–water partition coefficient (Wildman–Crippen LogP) is 1.10. The van der Waals surface area contributed by atoms with E-state index in [-0.39, 0.29) is 0 Å². The van der Waals surface area contributed by atoms with Crippen molar-refractivity contribution in [2.75, 3.05) is 0 Å². The molecule has 2 nitrogen and oxygen atoms in total. The Balaban J connectivity index is 2.07. The molecule has 1 heterocycles. The second kappa shape index (κ2) is 2.11. The number of nitrogens with zero attached hydrogens (tertiary/aromatic N) is 1. The molecule has 2 atom stereocenters. The van der Waals surface area contributed by atoms with E-state index < -0.39 is 0 Å². The number of fused-ring (bicyclic) bond motifs is 1. The number of nitrogens with one attached hydrogen (secondary N) is 1. The molecular formula is C8H12N2. The van der Waals surface area contributed by atoms with Gasteiger partial charge in [-0.25, -0.2) is 0 Å². The van der Waals surface area contributed by atoms with Crippen LogP contribution in [0.25, 0.3) is 0 Å². The number of hydrogen-bond acceptors (Lipinski definition) is 2. The molecular weight excluding hydrogens is 124 g/mol. The Morgan fingerprint density at radius 3 is 3.50 bits per heavy atom. The summed E-state index contributed by atoms with van der Waals surface area (Å²) in [6.45, 7) is 3.98. The first-order valence-corrected chi connectivity index (χ1v) is 3.80. The molecule has 2 aliphatic rings. The molecule has 1 fully saturated rings. The Bertz CT molecular complexity index is 184. The zero-order valence-corrected chi connectivity index (χ0v) is 6.01. The summed E-state index contributed by atoms with van der Waals surface area (Å²) in [4.78, 5) is 4.31. The SMILES string of the molecule is C=C1CCC2N=CNC2C1. The summed E-state index contributed by atoms with van der Waals surface area (Å²) in [5.74, 6) is 0. The summed E-state index contributed by atoms with van der Waals surface area (Å²) in [6.07, 6.45) is 5.31. The van der Waals surface area contributed by atoms with Crippen molar-refractivity contribution in [3.63, 3.8) is 0 Å². The van der Waals surface area contributed by atoms with Crippen LogP contribution in [0.5, 0.6) is 0 Å². The van der Waals surface area contributed by atoms with Gasteiger partial charge in [0.15, 0.2) is 0 Å². The van der Waals surface area contributed by atoms with Crippen LogP contribution in [0, 0.1) is 0 Å². The maximum atomic E-state index is 4.31. The minimum Gasteiger partial charge on any atom is -0.371 e. The molecule has 1 N–H and O–H groups in total. The molecule has 0 radical (unpaired) electrons. The first-order valence-electron chi connectivity index (χ1n) is 3.80. The summed E-state index contributed by atoms with van der Waals surface area (Å²) in [7, 11) is 0. The highest BCUT2D eigenvalue weighted by molar-refractivity contribution is 5.58. The van der Waals surface area contributed by atoms with Crippen LogP contribution in [0.4, 0.5) is 0 Å². The van der Waals surface area contributed by atoms with Gasteiger partial charge in [-0.1, -0.05) is 12.2 Å². The molecule has 0 aromatic rings. The Kier molecular flexibility index (Phi) is 1.26. The average molecular weight is 136 g/mol. The van der Waals surface area contributed by atoms with Crippen LogP contribution in [0.2, 0.25) is 0 Å². The van der Waals surface area contributed by atoms with Gasteiger partial charge in [0.25, 0.3) is 0 Å². The number of aliphatic imine (C=N–C) groups is 1. The monoisotopic (exact) mass is 136 g/mol. The molecule has 0 saturated heterocycles. The minimum absolute atomic E-state index is 0.547. The number of rotatable bonds is 0. The smallest absolute Gasteiger partial charge is 0.0831 e. The molecule has 0 aromatic carbocycles. The van der Waals surface area contributed by atoms with E-state index in [0.29, 0.717) is 12.1 Å². The lowest BCUT2D eigenvalue weighted by Crippen LogP contribution is -2.34. The average Bonchev–Trinajstić information content (AvgIpc) is 2.33. The fraction of sp³-hybridized carbons (Fsp3) is 0.625. The van der Waals surface area contributed by atoms with Gasteiger partial charge in [-0.15, -0.1) is 0 Å². The van der Waals surface area contributed by atoms with Crippen molar-refractivity contribution in [1.82, 2.24) is 5.32 Å². The molecule has 0 bridgehead atoms. The van der Waals surface area contributed by atoms with Crippen molar-refractivity contribution in [1.29, 1.82) is 0 Å². The summed E-state index contributed by atoms with van der Waals surface area (Å²) in [5, 5.41) is 3.24. The summed E-state index contributed by atoms with van der Waals surface area (Å²) in [6, 6.07) is 1.12. The van der Waals surface area contributed by atoms with Gasteiger partial charge in [-0.3, -0.25) is 4.99 Å². The number of hydrogen-bond donors (Lipinski definition) is 1. The lowest BCUT2D eigenvalue weighted by Gasteiger charge is -2.24. The van der Waals surface area contributed by atoms with Crippen molar-refractivity contribution >= 4 is 6.34 Å². The van der Waals surface area contributed by atoms with Gasteiger partial charge < -0.3 is 5.32 Å². The molecule has 1 aliphatic heterocycles. The molecule has 0 aromatic heterocycles. The predicted molar refractivity (Wildman–Crippen MR) is 42.2 cm³/mol. The highest BCUT2D eigenvalue weighted by atomic mass is 15.1. The molecule has 2 rings (SSSR count). The molecule has 10 heavy (non-hydrogen) atoms. The van der Waals surface area contributed by atoms with E-state index in [2.05, 4.69) is 16.9 Å². The van der Waals surface area contributed by atoms with Crippen molar-refractivity contribution in [3.8, 4) is 0 Å². The Morgan fingerprint density at radius 2 is 2.60 bits per heavy atom. The van der Waals surface area contributed by atoms with E-state index in [0.717, 1.165) is 6.42 Å². The van der Waals surface area contributed by atoms with Crippen LogP contribution >= 0.6 is 0 Å². The van der Waals surface area contributed by atoms with E-state index in [9.17, 15) is 0 Å². The zero-order valence-electron chi connectivity index (χ0n) is 6.01. The summed E-state index contributed by atoms with van der Waals surface area (Å²) < 4.78 is 0. The van der Waals surface area contributed by atoms with Crippen LogP contribution in [-0.2, 0) is 0 Å². The quantitative estimate of drug-likeness (QED) is 0.495. The van der Waals surface area contributed by atoms with Gasteiger partial charge in [0, 0.05) is 0 Å². The van der Waals surface area contributed by atoms with E-state index >= 15 is 0 Å². The third-order valence-electron chi connectivity index (χ3n) is 2.32. The Hall–Kier alpha value is -0.790. The van der Waals surface area contributed by atoms with Crippen LogP contribution in [0.15, 0.2) is 17.1 Å². The Morgan fingerprint density at radius 1 is 1.70 bits per heavy atom. The standard InChI is InChI=1S/C8H12N2/c1-6-2-3-7-8(4-6)10-5-9-7/h5,7-8H,1-4H2,(H,9,10). The molecule has 1 saturated carbocycles. The van der Waals surface area contributed by atoms with E-state index in [4.69, 9.17) is 0 Å². The van der Waals surface area contributed by atoms with Crippen molar-refractivity contribution < 1.29 is 0 Å². The highest BCUT2D eigenvalue weighted by Gasteiger charge is 2.27. The normalized spacial score (nSPS) is 37.4. The lowest BCUT2D eigenvalue weighted by atomic mass is 9.88. The third kappa shape index (κ3) is 0.838. The minimum atomic E-state index is 0.547. The van der Waals surface area contributed by atoms with E-state index in [1.54, 1.807) is 0 Å². The molecule has 2 unspecified atom stereocenters. The molecule has 2 heteroatoms. The van der Waals surface area contributed by atoms with E-state index in [1.165, 1.54) is 18.4 Å². The first kappa shape index (κ1) is 5.96. The maximum Gasteiger partial charge on any atom is 0.0831 e. The van der Waals surface area contributed by atoms with E-state index in [1.807, 2.05) is 6.34 Å².